The zero-order valence-electron chi connectivity index (χ0n) is 19.1. The molecule has 4 rings (SSSR count). The van der Waals surface area contributed by atoms with Gasteiger partial charge in [0.2, 0.25) is 0 Å². The Morgan fingerprint density at radius 3 is 2.47 bits per heavy atom. The number of piperazine rings is 1. The van der Waals surface area contributed by atoms with E-state index < -0.39 is 0 Å². The zero-order chi connectivity index (χ0) is 22.2. The Balaban J connectivity index is 1.42. The number of hydrogen-bond acceptors (Lipinski definition) is 7. The van der Waals surface area contributed by atoms with E-state index in [0.717, 1.165) is 87.1 Å². The van der Waals surface area contributed by atoms with Crippen LogP contribution in [0.5, 0.6) is 5.75 Å². The second-order valence-electron chi connectivity index (χ2n) is 8.10. The number of nitrogens with zero attached hydrogens (tertiary/aromatic N) is 4. The van der Waals surface area contributed by atoms with Crippen LogP contribution in [0.4, 0.5) is 5.82 Å². The van der Waals surface area contributed by atoms with Crippen LogP contribution in [0.3, 0.4) is 0 Å². The lowest BCUT2D eigenvalue weighted by Gasteiger charge is -2.34. The Kier molecular flexibility index (Phi) is 7.87. The summed E-state index contributed by atoms with van der Waals surface area (Å²) in [5, 5.41) is 4.60. The molecule has 1 saturated heterocycles. The molecule has 3 aromatic rings. The molecule has 0 aliphatic carbocycles. The molecule has 0 spiro atoms. The Bertz CT molecular complexity index is 1000. The molecule has 0 bridgehead atoms. The molecule has 0 amide bonds. The molecule has 0 unspecified atom stereocenters. The van der Waals surface area contributed by atoms with E-state index >= 15 is 0 Å². The van der Waals surface area contributed by atoms with Crippen molar-refractivity contribution in [1.82, 2.24) is 19.8 Å². The first kappa shape index (κ1) is 22.5. The summed E-state index contributed by atoms with van der Waals surface area (Å²) in [6.07, 6.45) is 0.862. The van der Waals surface area contributed by atoms with Crippen LogP contribution in [-0.2, 0) is 17.7 Å². The van der Waals surface area contributed by atoms with Gasteiger partial charge in [-0.1, -0.05) is 30.3 Å². The van der Waals surface area contributed by atoms with Crippen molar-refractivity contribution in [2.45, 2.75) is 13.0 Å². The zero-order valence-corrected chi connectivity index (χ0v) is 19.1. The van der Waals surface area contributed by atoms with Crippen molar-refractivity contribution in [3.05, 3.63) is 59.9 Å². The van der Waals surface area contributed by atoms with E-state index in [9.17, 15) is 0 Å². The maximum Gasteiger partial charge on any atom is 0.145 e. The summed E-state index contributed by atoms with van der Waals surface area (Å²) in [6, 6.07) is 16.4. The molecule has 7 heteroatoms. The Labute approximate surface area is 190 Å². The van der Waals surface area contributed by atoms with Crippen molar-refractivity contribution in [2.75, 3.05) is 65.4 Å². The van der Waals surface area contributed by atoms with Crippen molar-refractivity contribution >= 4 is 16.7 Å². The van der Waals surface area contributed by atoms with Crippen molar-refractivity contribution in [1.29, 1.82) is 0 Å². The number of hydrogen-bond donors (Lipinski definition) is 1. The SMILES string of the molecule is COCCN1CCN(Cc2nc(NCCc3ccccc3OC)c3ccccc3n2)CC1. The van der Waals surface area contributed by atoms with Gasteiger partial charge >= 0.3 is 0 Å². The lowest BCUT2D eigenvalue weighted by Crippen LogP contribution is -2.46. The molecule has 1 aromatic heterocycles. The minimum absolute atomic E-state index is 0.768. The summed E-state index contributed by atoms with van der Waals surface area (Å²) in [5.74, 6) is 2.69. The van der Waals surface area contributed by atoms with Crippen LogP contribution < -0.4 is 10.1 Å². The van der Waals surface area contributed by atoms with E-state index in [2.05, 4.69) is 33.3 Å². The molecule has 0 atom stereocenters. The summed E-state index contributed by atoms with van der Waals surface area (Å²) in [7, 11) is 3.48. The first-order valence-corrected chi connectivity index (χ1v) is 11.3. The third kappa shape index (κ3) is 5.73. The minimum atomic E-state index is 0.768. The monoisotopic (exact) mass is 435 g/mol. The number of anilines is 1. The number of aromatic nitrogens is 2. The number of rotatable bonds is 10. The van der Waals surface area contributed by atoms with Crippen LogP contribution in [0.1, 0.15) is 11.4 Å². The van der Waals surface area contributed by atoms with Crippen LogP contribution in [0.25, 0.3) is 10.9 Å². The number of benzene rings is 2. The largest absolute Gasteiger partial charge is 0.496 e. The van der Waals surface area contributed by atoms with Crippen molar-refractivity contribution in [3.63, 3.8) is 0 Å². The maximum absolute atomic E-state index is 5.48. The van der Waals surface area contributed by atoms with Crippen molar-refractivity contribution in [2.24, 2.45) is 0 Å². The summed E-state index contributed by atoms with van der Waals surface area (Å²) < 4.78 is 10.7. The number of fused-ring (bicyclic) bond motifs is 1. The molecule has 1 fully saturated rings. The normalized spacial score (nSPS) is 15.2. The third-order valence-corrected chi connectivity index (χ3v) is 5.97. The number of nitrogens with one attached hydrogen (secondary N) is 1. The second kappa shape index (κ2) is 11.2. The fourth-order valence-electron chi connectivity index (χ4n) is 4.15. The Morgan fingerprint density at radius 2 is 1.66 bits per heavy atom. The van der Waals surface area contributed by atoms with Crippen LogP contribution in [0, 0.1) is 0 Å². The smallest absolute Gasteiger partial charge is 0.145 e. The maximum atomic E-state index is 5.48. The van der Waals surface area contributed by atoms with E-state index in [4.69, 9.17) is 19.4 Å². The van der Waals surface area contributed by atoms with Gasteiger partial charge in [-0.3, -0.25) is 9.80 Å². The van der Waals surface area contributed by atoms with Gasteiger partial charge in [-0.15, -0.1) is 0 Å². The van der Waals surface area contributed by atoms with Gasteiger partial charge in [0.15, 0.2) is 0 Å². The predicted molar refractivity (Wildman–Crippen MR) is 128 cm³/mol. The van der Waals surface area contributed by atoms with Gasteiger partial charge in [-0.2, -0.15) is 0 Å². The molecule has 1 aliphatic rings. The third-order valence-electron chi connectivity index (χ3n) is 5.97. The second-order valence-corrected chi connectivity index (χ2v) is 8.10. The highest BCUT2D eigenvalue weighted by molar-refractivity contribution is 5.88. The van der Waals surface area contributed by atoms with E-state index in [0.29, 0.717) is 0 Å². The standard InChI is InChI=1S/C25H33N5O2/c1-31-18-17-29-13-15-30(16-14-29)19-24-27-22-9-5-4-8-21(22)25(28-24)26-12-11-20-7-3-6-10-23(20)32-2/h3-10H,11-19H2,1-2H3,(H,26,27,28). The van der Waals surface area contributed by atoms with Crippen molar-refractivity contribution in [3.8, 4) is 5.75 Å². The van der Waals surface area contributed by atoms with Crippen LogP contribution in [0.2, 0.25) is 0 Å². The van der Waals surface area contributed by atoms with Gasteiger partial charge in [0.25, 0.3) is 0 Å². The molecule has 170 valence electrons. The Morgan fingerprint density at radius 1 is 0.906 bits per heavy atom. The first-order valence-electron chi connectivity index (χ1n) is 11.3. The average molecular weight is 436 g/mol. The van der Waals surface area contributed by atoms with Gasteiger partial charge in [0, 0.05) is 51.8 Å². The Hall–Kier alpha value is -2.74. The first-order chi connectivity index (χ1) is 15.8. The van der Waals surface area contributed by atoms with Crippen LogP contribution >= 0.6 is 0 Å². The van der Waals surface area contributed by atoms with Gasteiger partial charge in [-0.25, -0.2) is 9.97 Å². The number of ether oxygens (including phenoxy) is 2. The summed E-state index contributed by atoms with van der Waals surface area (Å²) in [6.45, 7) is 7.49. The van der Waals surface area contributed by atoms with E-state index in [-0.39, 0.29) is 0 Å². The minimum Gasteiger partial charge on any atom is -0.496 e. The fraction of sp³-hybridized carbons (Fsp3) is 0.440. The highest BCUT2D eigenvalue weighted by Crippen LogP contribution is 2.22. The van der Waals surface area contributed by atoms with Gasteiger partial charge in [0.1, 0.15) is 17.4 Å². The fourth-order valence-corrected chi connectivity index (χ4v) is 4.15. The molecule has 32 heavy (non-hydrogen) atoms. The van der Waals surface area contributed by atoms with Gasteiger partial charge in [-0.05, 0) is 30.2 Å². The lowest BCUT2D eigenvalue weighted by atomic mass is 10.1. The van der Waals surface area contributed by atoms with Crippen LogP contribution in [-0.4, -0.2) is 79.9 Å². The molecular weight excluding hydrogens is 402 g/mol. The summed E-state index contributed by atoms with van der Waals surface area (Å²) in [5.41, 5.74) is 2.17. The molecule has 0 radical (unpaired) electrons. The number of methoxy groups -OCH3 is 2. The summed E-state index contributed by atoms with van der Waals surface area (Å²) >= 11 is 0. The van der Waals surface area contributed by atoms with Gasteiger partial charge < -0.3 is 14.8 Å². The van der Waals surface area contributed by atoms with E-state index in [1.807, 2.05) is 30.3 Å². The molecule has 1 aliphatic heterocycles. The van der Waals surface area contributed by atoms with Gasteiger partial charge in [0.05, 0.1) is 25.8 Å². The quantitative estimate of drug-likeness (QED) is 0.525. The molecule has 1 N–H and O–H groups in total. The molecule has 2 aromatic carbocycles. The topological polar surface area (TPSA) is 62.8 Å². The molecule has 7 nitrogen and oxygen atoms in total. The molecule has 0 saturated carbocycles. The van der Waals surface area contributed by atoms with Crippen LogP contribution in [0.15, 0.2) is 48.5 Å². The van der Waals surface area contributed by atoms with E-state index in [1.54, 1.807) is 14.2 Å². The number of para-hydroxylation sites is 2. The lowest BCUT2D eigenvalue weighted by molar-refractivity contribution is 0.0926. The summed E-state index contributed by atoms with van der Waals surface area (Å²) in [4.78, 5) is 14.6. The molecule has 2 heterocycles. The average Bonchev–Trinajstić information content (AvgIpc) is 2.84. The van der Waals surface area contributed by atoms with Crippen molar-refractivity contribution < 1.29 is 9.47 Å². The predicted octanol–water partition coefficient (Wildman–Crippen LogP) is 3.06. The highest BCUT2D eigenvalue weighted by atomic mass is 16.5. The highest BCUT2D eigenvalue weighted by Gasteiger charge is 2.18. The van der Waals surface area contributed by atoms with E-state index in [1.165, 1.54) is 5.56 Å². The molecular formula is C25H33N5O2.